The molecule has 1 aliphatic rings. The Morgan fingerprint density at radius 3 is 2.35 bits per heavy atom. The van der Waals surface area contributed by atoms with Crippen LogP contribution >= 0.6 is 11.6 Å². The highest BCUT2D eigenvalue weighted by Crippen LogP contribution is 2.25. The lowest BCUT2D eigenvalue weighted by atomic mass is 10.1. The number of unbranched alkanes of at least 4 members (excludes halogenated alkanes) is 2. The van der Waals surface area contributed by atoms with Crippen molar-refractivity contribution in [3.63, 3.8) is 0 Å². The van der Waals surface area contributed by atoms with Crippen LogP contribution in [0, 0.1) is 13.8 Å². The van der Waals surface area contributed by atoms with Gasteiger partial charge in [0, 0.05) is 5.02 Å². The number of hydrogen-bond donors (Lipinski definition) is 0. The Hall–Kier alpha value is -0.730. The van der Waals surface area contributed by atoms with Gasteiger partial charge in [0.15, 0.2) is 0 Å². The number of ether oxygens (including phenoxy) is 1. The van der Waals surface area contributed by atoms with E-state index >= 15 is 0 Å². The van der Waals surface area contributed by atoms with Gasteiger partial charge in [-0.05, 0) is 88.8 Å². The molecule has 112 valence electrons. The molecule has 0 aliphatic carbocycles. The molecule has 1 fully saturated rings. The fraction of sp³-hybridized carbons (Fsp3) is 0.647. The molecule has 0 saturated carbocycles. The van der Waals surface area contributed by atoms with Gasteiger partial charge in [-0.2, -0.15) is 0 Å². The Bertz CT molecular complexity index is 404. The quantitative estimate of drug-likeness (QED) is 0.682. The minimum absolute atomic E-state index is 0.806. The van der Waals surface area contributed by atoms with Crippen LogP contribution in [0.1, 0.15) is 43.2 Å². The number of likely N-dealkylation sites (tertiary alicyclic amines) is 1. The standard InChI is InChI=1S/C17H26ClNO/c1-14-12-16(13-15(2)17(14)18)20-11-7-3-4-8-19-9-5-6-10-19/h12-13H,3-11H2,1-2H3. The van der Waals surface area contributed by atoms with Crippen molar-refractivity contribution in [1.82, 2.24) is 4.90 Å². The van der Waals surface area contributed by atoms with Crippen LogP contribution in [0.2, 0.25) is 5.02 Å². The molecule has 0 atom stereocenters. The molecule has 1 heterocycles. The Morgan fingerprint density at radius 1 is 1.05 bits per heavy atom. The maximum Gasteiger partial charge on any atom is 0.119 e. The van der Waals surface area contributed by atoms with Gasteiger partial charge in [-0.25, -0.2) is 0 Å². The first-order valence-electron chi connectivity index (χ1n) is 7.79. The molecule has 0 radical (unpaired) electrons. The zero-order valence-electron chi connectivity index (χ0n) is 12.8. The second-order valence-corrected chi connectivity index (χ2v) is 6.21. The number of benzene rings is 1. The number of halogens is 1. The predicted octanol–water partition coefficient (Wildman–Crippen LogP) is 4.60. The van der Waals surface area contributed by atoms with E-state index in [2.05, 4.69) is 4.90 Å². The van der Waals surface area contributed by atoms with Crippen molar-refractivity contribution < 1.29 is 4.74 Å². The van der Waals surface area contributed by atoms with Crippen molar-refractivity contribution in [3.05, 3.63) is 28.3 Å². The van der Waals surface area contributed by atoms with Crippen molar-refractivity contribution in [2.75, 3.05) is 26.2 Å². The van der Waals surface area contributed by atoms with E-state index in [0.29, 0.717) is 0 Å². The van der Waals surface area contributed by atoms with Gasteiger partial charge in [-0.1, -0.05) is 11.6 Å². The first-order chi connectivity index (χ1) is 9.66. The molecule has 0 spiro atoms. The summed E-state index contributed by atoms with van der Waals surface area (Å²) < 4.78 is 5.82. The zero-order chi connectivity index (χ0) is 14.4. The second kappa shape index (κ2) is 7.90. The smallest absolute Gasteiger partial charge is 0.119 e. The molecule has 0 bridgehead atoms. The lowest BCUT2D eigenvalue weighted by Crippen LogP contribution is -2.20. The number of aryl methyl sites for hydroxylation is 2. The average molecular weight is 296 g/mol. The van der Waals surface area contributed by atoms with Gasteiger partial charge in [0.05, 0.1) is 6.61 Å². The topological polar surface area (TPSA) is 12.5 Å². The third kappa shape index (κ3) is 4.68. The summed E-state index contributed by atoms with van der Waals surface area (Å²) in [4.78, 5) is 2.58. The van der Waals surface area contributed by atoms with Crippen LogP contribution in [-0.4, -0.2) is 31.1 Å². The zero-order valence-corrected chi connectivity index (χ0v) is 13.5. The Kier molecular flexibility index (Phi) is 6.18. The first kappa shape index (κ1) is 15.7. The molecule has 2 nitrogen and oxygen atoms in total. The van der Waals surface area contributed by atoms with E-state index in [4.69, 9.17) is 16.3 Å². The molecule has 1 aromatic rings. The Labute approximate surface area is 128 Å². The van der Waals surface area contributed by atoms with Crippen LogP contribution in [0.15, 0.2) is 12.1 Å². The molecule has 2 rings (SSSR count). The van der Waals surface area contributed by atoms with Gasteiger partial charge < -0.3 is 9.64 Å². The molecule has 0 N–H and O–H groups in total. The number of rotatable bonds is 7. The average Bonchev–Trinajstić information content (AvgIpc) is 2.93. The van der Waals surface area contributed by atoms with Crippen molar-refractivity contribution in [1.29, 1.82) is 0 Å². The monoisotopic (exact) mass is 295 g/mol. The molecule has 3 heteroatoms. The molecule has 0 amide bonds. The van der Waals surface area contributed by atoms with Crippen LogP contribution in [-0.2, 0) is 0 Å². The summed E-state index contributed by atoms with van der Waals surface area (Å²) in [6, 6.07) is 4.05. The summed E-state index contributed by atoms with van der Waals surface area (Å²) in [6.45, 7) is 8.73. The molecule has 20 heavy (non-hydrogen) atoms. The normalized spacial score (nSPS) is 15.8. The van der Waals surface area contributed by atoms with Crippen molar-refractivity contribution in [2.45, 2.75) is 46.0 Å². The maximum atomic E-state index is 6.15. The van der Waals surface area contributed by atoms with E-state index < -0.39 is 0 Å². The van der Waals surface area contributed by atoms with Gasteiger partial charge in [0.2, 0.25) is 0 Å². The van der Waals surface area contributed by atoms with E-state index in [1.165, 1.54) is 45.3 Å². The van der Waals surface area contributed by atoms with Crippen LogP contribution in [0.3, 0.4) is 0 Å². The predicted molar refractivity (Wildman–Crippen MR) is 85.9 cm³/mol. The lowest BCUT2D eigenvalue weighted by molar-refractivity contribution is 0.290. The van der Waals surface area contributed by atoms with Crippen molar-refractivity contribution >= 4 is 11.6 Å². The second-order valence-electron chi connectivity index (χ2n) is 5.83. The summed E-state index contributed by atoms with van der Waals surface area (Å²) in [5.41, 5.74) is 2.19. The third-order valence-electron chi connectivity index (χ3n) is 4.00. The van der Waals surface area contributed by atoms with Gasteiger partial charge >= 0.3 is 0 Å². The largest absolute Gasteiger partial charge is 0.494 e. The van der Waals surface area contributed by atoms with Gasteiger partial charge in [0.1, 0.15) is 5.75 Å². The van der Waals surface area contributed by atoms with E-state index in [-0.39, 0.29) is 0 Å². The maximum absolute atomic E-state index is 6.15. The van der Waals surface area contributed by atoms with Gasteiger partial charge in [-0.15, -0.1) is 0 Å². The fourth-order valence-corrected chi connectivity index (χ4v) is 2.91. The minimum Gasteiger partial charge on any atom is -0.494 e. The summed E-state index contributed by atoms with van der Waals surface area (Å²) >= 11 is 6.15. The number of nitrogens with zero attached hydrogens (tertiary/aromatic N) is 1. The van der Waals surface area contributed by atoms with Crippen LogP contribution in [0.5, 0.6) is 5.75 Å². The highest BCUT2D eigenvalue weighted by atomic mass is 35.5. The summed E-state index contributed by atoms with van der Waals surface area (Å²) in [5.74, 6) is 0.948. The van der Waals surface area contributed by atoms with E-state index in [0.717, 1.165) is 34.9 Å². The van der Waals surface area contributed by atoms with Crippen molar-refractivity contribution in [2.24, 2.45) is 0 Å². The third-order valence-corrected chi connectivity index (χ3v) is 4.59. The summed E-state index contributed by atoms with van der Waals surface area (Å²) in [6.07, 6.45) is 6.45. The fourth-order valence-electron chi connectivity index (χ4n) is 2.80. The van der Waals surface area contributed by atoms with Crippen LogP contribution in [0.25, 0.3) is 0 Å². The van der Waals surface area contributed by atoms with E-state index in [1.54, 1.807) is 0 Å². The molecule has 0 aromatic heterocycles. The van der Waals surface area contributed by atoms with Crippen molar-refractivity contribution in [3.8, 4) is 5.75 Å². The Morgan fingerprint density at radius 2 is 1.70 bits per heavy atom. The number of hydrogen-bond acceptors (Lipinski definition) is 2. The van der Waals surface area contributed by atoms with Gasteiger partial charge in [0.25, 0.3) is 0 Å². The van der Waals surface area contributed by atoms with E-state index in [9.17, 15) is 0 Å². The molecule has 1 aromatic carbocycles. The van der Waals surface area contributed by atoms with Crippen LogP contribution < -0.4 is 4.74 Å². The molecular formula is C17H26ClNO. The summed E-state index contributed by atoms with van der Waals surface area (Å²) in [5, 5.41) is 0.850. The first-order valence-corrected chi connectivity index (χ1v) is 8.16. The molecular weight excluding hydrogens is 270 g/mol. The Balaban J connectivity index is 1.61. The SMILES string of the molecule is Cc1cc(OCCCCCN2CCCC2)cc(C)c1Cl. The highest BCUT2D eigenvalue weighted by Gasteiger charge is 2.10. The van der Waals surface area contributed by atoms with E-state index in [1.807, 2.05) is 26.0 Å². The minimum atomic E-state index is 0.806. The molecule has 1 saturated heterocycles. The lowest BCUT2D eigenvalue weighted by Gasteiger charge is -2.14. The highest BCUT2D eigenvalue weighted by molar-refractivity contribution is 6.32. The summed E-state index contributed by atoms with van der Waals surface area (Å²) in [7, 11) is 0. The molecule has 1 aliphatic heterocycles. The van der Waals surface area contributed by atoms with Crippen LogP contribution in [0.4, 0.5) is 0 Å². The van der Waals surface area contributed by atoms with Gasteiger partial charge in [-0.3, -0.25) is 0 Å². The molecule has 0 unspecified atom stereocenters.